The van der Waals surface area contributed by atoms with Crippen LogP contribution in [0.1, 0.15) is 24.0 Å². The summed E-state index contributed by atoms with van der Waals surface area (Å²) in [6, 6.07) is 12.7. The topological polar surface area (TPSA) is 65.5 Å². The maximum Gasteiger partial charge on any atom is 0.224 e. The molecule has 30 heavy (non-hydrogen) atoms. The molecule has 5 nitrogen and oxygen atoms in total. The number of hydrogen-bond acceptors (Lipinski definition) is 2. The summed E-state index contributed by atoms with van der Waals surface area (Å²) >= 11 is 0. The molecule has 0 unspecified atom stereocenters. The molecule has 0 radical (unpaired) electrons. The number of carbonyl (C=O) groups is 1. The van der Waals surface area contributed by atoms with Gasteiger partial charge in [0.1, 0.15) is 11.6 Å². The highest BCUT2D eigenvalue weighted by Crippen LogP contribution is 2.47. The monoisotopic (exact) mass is 528 g/mol. The zero-order valence-electron chi connectivity index (χ0n) is 16.9. The molecule has 3 N–H and O–H groups in total. The number of carbonyl (C=O) groups excluding carboxylic acids is 1. The first-order valence-corrected chi connectivity index (χ1v) is 9.72. The van der Waals surface area contributed by atoms with Gasteiger partial charge in [0.2, 0.25) is 5.91 Å². The van der Waals surface area contributed by atoms with Crippen molar-refractivity contribution in [2.75, 3.05) is 26.7 Å². The van der Waals surface area contributed by atoms with E-state index in [0.29, 0.717) is 25.6 Å². The van der Waals surface area contributed by atoms with Crippen LogP contribution in [0.4, 0.5) is 8.78 Å². The molecule has 1 saturated carbocycles. The molecule has 2 aromatic rings. The van der Waals surface area contributed by atoms with Crippen molar-refractivity contribution in [2.24, 2.45) is 4.99 Å². The Morgan fingerprint density at radius 2 is 1.70 bits per heavy atom. The molecule has 0 heterocycles. The number of guanidine groups is 1. The highest BCUT2D eigenvalue weighted by molar-refractivity contribution is 14.0. The minimum Gasteiger partial charge on any atom is -0.356 e. The van der Waals surface area contributed by atoms with Gasteiger partial charge in [0.15, 0.2) is 5.96 Å². The van der Waals surface area contributed by atoms with Crippen LogP contribution < -0.4 is 16.0 Å². The number of rotatable bonds is 8. The number of amides is 1. The van der Waals surface area contributed by atoms with Gasteiger partial charge in [-0.15, -0.1) is 24.0 Å². The van der Waals surface area contributed by atoms with Gasteiger partial charge in [0.25, 0.3) is 0 Å². The Morgan fingerprint density at radius 1 is 1.00 bits per heavy atom. The first kappa shape index (κ1) is 24.0. The summed E-state index contributed by atoms with van der Waals surface area (Å²) in [6.07, 6.45) is 2.24. The zero-order chi connectivity index (χ0) is 20.7. The predicted molar refractivity (Wildman–Crippen MR) is 125 cm³/mol. The molecule has 162 valence electrons. The molecule has 1 aliphatic rings. The van der Waals surface area contributed by atoms with Gasteiger partial charge < -0.3 is 16.0 Å². The van der Waals surface area contributed by atoms with Crippen molar-refractivity contribution in [1.29, 1.82) is 0 Å². The van der Waals surface area contributed by atoms with Crippen LogP contribution in [-0.2, 0) is 16.6 Å². The molecule has 2 aromatic carbocycles. The minimum atomic E-state index is -0.317. The third-order valence-corrected chi connectivity index (χ3v) is 5.13. The SMILES string of the molecule is CN=C(NCCNC(=O)Cc1ccc(F)cc1)NCC1(c2cccc(F)c2)CC1.I. The second kappa shape index (κ2) is 11.2. The lowest BCUT2D eigenvalue weighted by Crippen LogP contribution is -2.44. The third kappa shape index (κ3) is 6.93. The highest BCUT2D eigenvalue weighted by Gasteiger charge is 2.44. The van der Waals surface area contributed by atoms with Crippen molar-refractivity contribution >= 4 is 35.8 Å². The Bertz CT molecular complexity index is 870. The van der Waals surface area contributed by atoms with E-state index in [2.05, 4.69) is 20.9 Å². The number of halogens is 3. The molecular formula is C22H27F2IN4O. The summed E-state index contributed by atoms with van der Waals surface area (Å²) in [4.78, 5) is 16.1. The summed E-state index contributed by atoms with van der Waals surface area (Å²) < 4.78 is 26.4. The molecule has 8 heteroatoms. The van der Waals surface area contributed by atoms with E-state index in [1.54, 1.807) is 31.3 Å². The van der Waals surface area contributed by atoms with Crippen molar-refractivity contribution in [3.05, 3.63) is 71.3 Å². The van der Waals surface area contributed by atoms with Crippen LogP contribution in [0.3, 0.4) is 0 Å². The van der Waals surface area contributed by atoms with Crippen molar-refractivity contribution in [1.82, 2.24) is 16.0 Å². The van der Waals surface area contributed by atoms with Gasteiger partial charge >= 0.3 is 0 Å². The smallest absolute Gasteiger partial charge is 0.224 e. The summed E-state index contributed by atoms with van der Waals surface area (Å²) in [7, 11) is 1.68. The van der Waals surface area contributed by atoms with Crippen molar-refractivity contribution in [2.45, 2.75) is 24.7 Å². The van der Waals surface area contributed by atoms with Crippen LogP contribution in [0.15, 0.2) is 53.5 Å². The quantitative estimate of drug-likeness (QED) is 0.214. The van der Waals surface area contributed by atoms with Crippen LogP contribution >= 0.6 is 24.0 Å². The van der Waals surface area contributed by atoms with Gasteiger partial charge in [-0.1, -0.05) is 24.3 Å². The number of benzene rings is 2. The van der Waals surface area contributed by atoms with Gasteiger partial charge in [0, 0.05) is 32.1 Å². The maximum absolute atomic E-state index is 13.5. The Kier molecular flexibility index (Phi) is 9.01. The lowest BCUT2D eigenvalue weighted by molar-refractivity contribution is -0.120. The van der Waals surface area contributed by atoms with E-state index >= 15 is 0 Å². The van der Waals surface area contributed by atoms with E-state index in [0.717, 1.165) is 24.0 Å². The predicted octanol–water partition coefficient (Wildman–Crippen LogP) is 3.14. The molecule has 0 spiro atoms. The average molecular weight is 528 g/mol. The molecule has 1 aliphatic carbocycles. The van der Waals surface area contributed by atoms with E-state index in [1.165, 1.54) is 18.2 Å². The number of aliphatic imine (C=N–C) groups is 1. The largest absolute Gasteiger partial charge is 0.356 e. The fraction of sp³-hybridized carbons (Fsp3) is 0.364. The standard InChI is InChI=1S/C22H26F2N4O.HI/c1-25-21(28-15-22(9-10-22)17-3-2-4-19(24)14-17)27-12-11-26-20(29)13-16-5-7-18(23)8-6-16;/h2-8,14H,9-13,15H2,1H3,(H,26,29)(H2,25,27,28);1H. The molecule has 0 atom stereocenters. The molecular weight excluding hydrogens is 501 g/mol. The third-order valence-electron chi connectivity index (χ3n) is 5.13. The molecule has 1 amide bonds. The van der Waals surface area contributed by atoms with Gasteiger partial charge in [-0.2, -0.15) is 0 Å². The number of nitrogens with one attached hydrogen (secondary N) is 3. The van der Waals surface area contributed by atoms with Crippen LogP contribution in [0.2, 0.25) is 0 Å². The van der Waals surface area contributed by atoms with E-state index in [9.17, 15) is 13.6 Å². The molecule has 0 aromatic heterocycles. The summed E-state index contributed by atoms with van der Waals surface area (Å²) in [5.74, 6) is -0.0138. The molecule has 0 bridgehead atoms. The maximum atomic E-state index is 13.5. The normalized spacial score (nSPS) is 14.4. The first-order chi connectivity index (χ1) is 14.0. The Morgan fingerprint density at radius 3 is 2.33 bits per heavy atom. The van der Waals surface area contributed by atoms with Crippen molar-refractivity contribution in [3.63, 3.8) is 0 Å². The van der Waals surface area contributed by atoms with Crippen molar-refractivity contribution in [3.8, 4) is 0 Å². The molecule has 0 saturated heterocycles. The van der Waals surface area contributed by atoms with Gasteiger partial charge in [-0.3, -0.25) is 9.79 Å². The summed E-state index contributed by atoms with van der Waals surface area (Å²) in [5.41, 5.74) is 1.73. The highest BCUT2D eigenvalue weighted by atomic mass is 127. The van der Waals surface area contributed by atoms with Crippen LogP contribution in [0.5, 0.6) is 0 Å². The first-order valence-electron chi connectivity index (χ1n) is 9.72. The fourth-order valence-electron chi connectivity index (χ4n) is 3.24. The van der Waals surface area contributed by atoms with Crippen LogP contribution in [0, 0.1) is 11.6 Å². The van der Waals surface area contributed by atoms with Gasteiger partial charge in [-0.05, 0) is 48.2 Å². The van der Waals surface area contributed by atoms with E-state index in [1.807, 2.05) is 6.07 Å². The second-order valence-electron chi connectivity index (χ2n) is 7.30. The second-order valence-corrected chi connectivity index (χ2v) is 7.30. The van der Waals surface area contributed by atoms with Gasteiger partial charge in [-0.25, -0.2) is 8.78 Å². The lowest BCUT2D eigenvalue weighted by Gasteiger charge is -2.19. The number of hydrogen-bond donors (Lipinski definition) is 3. The zero-order valence-corrected chi connectivity index (χ0v) is 19.2. The Hall–Kier alpha value is -2.23. The van der Waals surface area contributed by atoms with Crippen molar-refractivity contribution < 1.29 is 13.6 Å². The van der Waals surface area contributed by atoms with Gasteiger partial charge in [0.05, 0.1) is 6.42 Å². The van der Waals surface area contributed by atoms with Crippen LogP contribution in [0.25, 0.3) is 0 Å². The Balaban J connectivity index is 0.00000320. The van der Waals surface area contributed by atoms with Crippen LogP contribution in [-0.4, -0.2) is 38.5 Å². The summed E-state index contributed by atoms with van der Waals surface area (Å²) in [6.45, 7) is 1.63. The summed E-state index contributed by atoms with van der Waals surface area (Å²) in [5, 5.41) is 9.27. The lowest BCUT2D eigenvalue weighted by atomic mass is 9.96. The fourth-order valence-corrected chi connectivity index (χ4v) is 3.24. The van der Waals surface area contributed by atoms with E-state index in [4.69, 9.17) is 0 Å². The Labute approximate surface area is 192 Å². The molecule has 1 fully saturated rings. The number of nitrogens with zero attached hydrogens (tertiary/aromatic N) is 1. The van der Waals surface area contributed by atoms with E-state index < -0.39 is 0 Å². The average Bonchev–Trinajstić information content (AvgIpc) is 3.50. The molecule has 3 rings (SSSR count). The van der Waals surface area contributed by atoms with E-state index in [-0.39, 0.29) is 53.4 Å². The minimum absolute atomic E-state index is 0. The molecule has 0 aliphatic heterocycles.